The van der Waals surface area contributed by atoms with Crippen LogP contribution in [0.1, 0.15) is 27.2 Å². The maximum atomic E-state index is 11.1. The molecule has 1 rings (SSSR count). The van der Waals surface area contributed by atoms with Crippen LogP contribution in [0.3, 0.4) is 0 Å². The smallest absolute Gasteiger partial charge is 0.224 e. The summed E-state index contributed by atoms with van der Waals surface area (Å²) in [6.07, 6.45) is 0.423. The van der Waals surface area contributed by atoms with Gasteiger partial charge in [0.25, 0.3) is 0 Å². The molecule has 1 amide bonds. The van der Waals surface area contributed by atoms with E-state index in [1.165, 1.54) is 6.92 Å². The van der Waals surface area contributed by atoms with Crippen LogP contribution in [0.5, 0.6) is 0 Å². The standard InChI is InChI=1S/C9H13NO2/c1-5-4-8(12)10-6(2)9(5)7(3)11/h5H,4H2,1-3H3,(H,10,12)/t5-/m1/s1. The van der Waals surface area contributed by atoms with Crippen LogP contribution in [0.15, 0.2) is 11.3 Å². The van der Waals surface area contributed by atoms with Crippen LogP contribution in [0.25, 0.3) is 0 Å². The highest BCUT2D eigenvalue weighted by molar-refractivity contribution is 5.97. The first-order chi connectivity index (χ1) is 5.52. The van der Waals surface area contributed by atoms with Crippen molar-refractivity contribution >= 4 is 11.7 Å². The molecule has 0 saturated carbocycles. The van der Waals surface area contributed by atoms with E-state index >= 15 is 0 Å². The van der Waals surface area contributed by atoms with Crippen molar-refractivity contribution in [3.8, 4) is 0 Å². The van der Waals surface area contributed by atoms with E-state index in [-0.39, 0.29) is 17.6 Å². The van der Waals surface area contributed by atoms with Crippen LogP contribution in [0, 0.1) is 5.92 Å². The fraction of sp³-hybridized carbons (Fsp3) is 0.556. The van der Waals surface area contributed by atoms with Crippen molar-refractivity contribution in [2.45, 2.75) is 27.2 Å². The SMILES string of the molecule is CC(=O)C1=C(C)NC(=O)C[C@H]1C. The van der Waals surface area contributed by atoms with E-state index in [2.05, 4.69) is 5.32 Å². The summed E-state index contributed by atoms with van der Waals surface area (Å²) in [6.45, 7) is 5.20. The summed E-state index contributed by atoms with van der Waals surface area (Å²) in [4.78, 5) is 22.1. The molecular formula is C9H13NO2. The fourth-order valence-corrected chi connectivity index (χ4v) is 1.69. The molecule has 0 spiro atoms. The molecule has 3 heteroatoms. The van der Waals surface area contributed by atoms with E-state index in [9.17, 15) is 9.59 Å². The van der Waals surface area contributed by atoms with Gasteiger partial charge in [0.15, 0.2) is 5.78 Å². The zero-order valence-corrected chi connectivity index (χ0v) is 7.60. The Kier molecular flexibility index (Phi) is 2.31. The minimum atomic E-state index is 0.00463. The Morgan fingerprint density at radius 2 is 2.17 bits per heavy atom. The molecule has 12 heavy (non-hydrogen) atoms. The molecule has 0 aliphatic carbocycles. The van der Waals surface area contributed by atoms with Gasteiger partial charge in [-0.15, -0.1) is 0 Å². The maximum Gasteiger partial charge on any atom is 0.224 e. The Hall–Kier alpha value is -1.12. The Labute approximate surface area is 71.8 Å². The molecule has 0 aromatic carbocycles. The lowest BCUT2D eigenvalue weighted by atomic mass is 9.90. The predicted molar refractivity (Wildman–Crippen MR) is 45.3 cm³/mol. The highest BCUT2D eigenvalue weighted by Crippen LogP contribution is 2.22. The molecule has 0 fully saturated rings. The zero-order valence-electron chi connectivity index (χ0n) is 7.60. The summed E-state index contributed by atoms with van der Waals surface area (Å²) in [5.74, 6) is 0.126. The van der Waals surface area contributed by atoms with Gasteiger partial charge in [-0.05, 0) is 19.8 Å². The first-order valence-corrected chi connectivity index (χ1v) is 4.04. The Balaban J connectivity index is 3.01. The first-order valence-electron chi connectivity index (χ1n) is 4.04. The van der Waals surface area contributed by atoms with E-state index in [1.807, 2.05) is 6.92 Å². The lowest BCUT2D eigenvalue weighted by Crippen LogP contribution is -2.32. The number of nitrogens with one attached hydrogen (secondary N) is 1. The minimum Gasteiger partial charge on any atom is -0.330 e. The van der Waals surface area contributed by atoms with E-state index < -0.39 is 0 Å². The largest absolute Gasteiger partial charge is 0.330 e. The first kappa shape index (κ1) is 8.97. The highest BCUT2D eigenvalue weighted by Gasteiger charge is 2.24. The third-order valence-corrected chi connectivity index (χ3v) is 2.09. The third kappa shape index (κ3) is 1.55. The summed E-state index contributed by atoms with van der Waals surface area (Å²) in [5, 5.41) is 2.66. The number of rotatable bonds is 1. The quantitative estimate of drug-likeness (QED) is 0.633. The van der Waals surface area contributed by atoms with Crippen molar-refractivity contribution in [3.63, 3.8) is 0 Å². The summed E-state index contributed by atoms with van der Waals surface area (Å²) < 4.78 is 0. The van der Waals surface area contributed by atoms with Gasteiger partial charge < -0.3 is 5.32 Å². The van der Waals surface area contributed by atoms with Crippen LogP contribution in [0.4, 0.5) is 0 Å². The number of Topliss-reactive ketones (excluding diaryl/α,β-unsaturated/α-hetero) is 1. The average molecular weight is 167 g/mol. The van der Waals surface area contributed by atoms with Gasteiger partial charge in [0, 0.05) is 17.7 Å². The van der Waals surface area contributed by atoms with E-state index in [0.29, 0.717) is 12.1 Å². The monoisotopic (exact) mass is 167 g/mol. The molecule has 66 valence electrons. The van der Waals surface area contributed by atoms with Crippen molar-refractivity contribution in [2.24, 2.45) is 5.92 Å². The fourth-order valence-electron chi connectivity index (χ4n) is 1.69. The molecule has 0 unspecified atom stereocenters. The van der Waals surface area contributed by atoms with E-state index in [0.717, 1.165) is 5.57 Å². The van der Waals surface area contributed by atoms with Crippen molar-refractivity contribution in [2.75, 3.05) is 0 Å². The Bertz CT molecular complexity index is 266. The minimum absolute atomic E-state index is 0.00463. The molecule has 1 atom stereocenters. The second kappa shape index (κ2) is 3.09. The van der Waals surface area contributed by atoms with Gasteiger partial charge in [0.05, 0.1) is 0 Å². The van der Waals surface area contributed by atoms with Crippen LogP contribution >= 0.6 is 0 Å². The summed E-state index contributed by atoms with van der Waals surface area (Å²) in [5.41, 5.74) is 1.47. The van der Waals surface area contributed by atoms with Crippen LogP contribution in [-0.4, -0.2) is 11.7 Å². The molecule has 1 aliphatic rings. The molecule has 1 heterocycles. The van der Waals surface area contributed by atoms with Gasteiger partial charge in [0.2, 0.25) is 5.91 Å². The van der Waals surface area contributed by atoms with Crippen molar-refractivity contribution in [3.05, 3.63) is 11.3 Å². The topological polar surface area (TPSA) is 46.2 Å². The van der Waals surface area contributed by atoms with Crippen LogP contribution < -0.4 is 5.32 Å². The van der Waals surface area contributed by atoms with E-state index in [4.69, 9.17) is 0 Å². The lowest BCUT2D eigenvalue weighted by molar-refractivity contribution is -0.121. The van der Waals surface area contributed by atoms with Gasteiger partial charge in [0.1, 0.15) is 0 Å². The number of ketones is 1. The molecule has 0 aromatic rings. The Morgan fingerprint density at radius 1 is 1.58 bits per heavy atom. The van der Waals surface area contributed by atoms with Gasteiger partial charge in [-0.2, -0.15) is 0 Å². The van der Waals surface area contributed by atoms with Crippen LogP contribution in [0.2, 0.25) is 0 Å². The number of carbonyl (C=O) groups is 2. The number of amides is 1. The van der Waals surface area contributed by atoms with Gasteiger partial charge in [-0.1, -0.05) is 6.92 Å². The summed E-state index contributed by atoms with van der Waals surface area (Å²) >= 11 is 0. The summed E-state index contributed by atoms with van der Waals surface area (Å²) in [6, 6.07) is 0. The van der Waals surface area contributed by atoms with Gasteiger partial charge in [-0.25, -0.2) is 0 Å². The number of allylic oxidation sites excluding steroid dienone is 2. The Morgan fingerprint density at radius 3 is 2.58 bits per heavy atom. The highest BCUT2D eigenvalue weighted by atomic mass is 16.2. The van der Waals surface area contributed by atoms with Crippen LogP contribution in [-0.2, 0) is 9.59 Å². The molecule has 0 aromatic heterocycles. The van der Waals surface area contributed by atoms with Gasteiger partial charge in [-0.3, -0.25) is 9.59 Å². The van der Waals surface area contributed by atoms with Crippen molar-refractivity contribution < 1.29 is 9.59 Å². The van der Waals surface area contributed by atoms with Crippen molar-refractivity contribution in [1.82, 2.24) is 5.32 Å². The lowest BCUT2D eigenvalue weighted by Gasteiger charge is -2.22. The molecule has 1 aliphatic heterocycles. The molecule has 3 nitrogen and oxygen atoms in total. The van der Waals surface area contributed by atoms with Gasteiger partial charge >= 0.3 is 0 Å². The second-order valence-corrected chi connectivity index (χ2v) is 3.25. The zero-order chi connectivity index (χ0) is 9.30. The maximum absolute atomic E-state index is 11.1. The summed E-state index contributed by atoms with van der Waals surface area (Å²) in [7, 11) is 0. The van der Waals surface area contributed by atoms with Crippen molar-refractivity contribution in [1.29, 1.82) is 0 Å². The number of hydrogen-bond acceptors (Lipinski definition) is 2. The third-order valence-electron chi connectivity index (χ3n) is 2.09. The molecule has 0 bridgehead atoms. The molecular weight excluding hydrogens is 154 g/mol. The number of hydrogen-bond donors (Lipinski definition) is 1. The average Bonchev–Trinajstić information content (AvgIpc) is 1.82. The molecule has 0 saturated heterocycles. The second-order valence-electron chi connectivity index (χ2n) is 3.25. The molecule has 0 radical (unpaired) electrons. The predicted octanol–water partition coefficient (Wildman–Crippen LogP) is 1.01. The molecule has 1 N–H and O–H groups in total. The normalized spacial score (nSPS) is 23.9. The number of carbonyl (C=O) groups excluding carboxylic acids is 2. The van der Waals surface area contributed by atoms with E-state index in [1.54, 1.807) is 6.92 Å².